The molecule has 2 N–H and O–H groups in total. The quantitative estimate of drug-likeness (QED) is 0.268. The van der Waals surface area contributed by atoms with Gasteiger partial charge >= 0.3 is 5.97 Å². The van der Waals surface area contributed by atoms with Gasteiger partial charge in [-0.05, 0) is 53.3 Å². The summed E-state index contributed by atoms with van der Waals surface area (Å²) >= 11 is 0. The Labute approximate surface area is 205 Å². The molecule has 0 spiro atoms. The van der Waals surface area contributed by atoms with Crippen LogP contribution in [0.15, 0.2) is 78.0 Å². The fraction of sp³-hybridized carbons (Fsp3) is 0.276. The summed E-state index contributed by atoms with van der Waals surface area (Å²) in [7, 11) is 1.80. The van der Waals surface area contributed by atoms with Gasteiger partial charge in [-0.1, -0.05) is 65.8 Å². The van der Waals surface area contributed by atoms with Crippen molar-refractivity contribution in [2.24, 2.45) is 11.1 Å². The van der Waals surface area contributed by atoms with Crippen LogP contribution >= 0.6 is 0 Å². The van der Waals surface area contributed by atoms with Gasteiger partial charge in [0.2, 0.25) is 5.91 Å². The molecule has 6 heteroatoms. The molecule has 1 aliphatic rings. The van der Waals surface area contributed by atoms with Gasteiger partial charge in [0.25, 0.3) is 0 Å². The molecule has 1 unspecified atom stereocenters. The Morgan fingerprint density at radius 3 is 2.23 bits per heavy atom. The van der Waals surface area contributed by atoms with Crippen LogP contribution in [-0.4, -0.2) is 46.4 Å². The zero-order valence-corrected chi connectivity index (χ0v) is 20.0. The maximum atomic E-state index is 12.0. The highest BCUT2D eigenvalue weighted by molar-refractivity contribution is 5.90. The molecule has 1 amide bonds. The van der Waals surface area contributed by atoms with Crippen molar-refractivity contribution >= 4 is 17.6 Å². The van der Waals surface area contributed by atoms with E-state index in [0.717, 1.165) is 16.7 Å². The number of rotatable bonds is 7. The van der Waals surface area contributed by atoms with Gasteiger partial charge in [0.1, 0.15) is 0 Å². The normalized spacial score (nSPS) is 17.3. The van der Waals surface area contributed by atoms with Gasteiger partial charge in [-0.15, -0.1) is 0 Å². The van der Waals surface area contributed by atoms with Crippen LogP contribution < -0.4 is 0 Å². The second-order valence-electron chi connectivity index (χ2n) is 9.22. The van der Waals surface area contributed by atoms with E-state index in [-0.39, 0.29) is 23.3 Å². The number of carboxylic acid groups (broad SMARTS) is 1. The van der Waals surface area contributed by atoms with Crippen molar-refractivity contribution in [3.05, 3.63) is 95.1 Å². The lowest BCUT2D eigenvalue weighted by molar-refractivity contribution is -0.132. The number of oxime groups is 1. The molecule has 35 heavy (non-hydrogen) atoms. The molecule has 3 aromatic carbocycles. The van der Waals surface area contributed by atoms with Crippen LogP contribution in [0, 0.1) is 12.8 Å². The first-order valence-electron chi connectivity index (χ1n) is 11.8. The van der Waals surface area contributed by atoms with Crippen molar-refractivity contribution in [3.63, 3.8) is 0 Å². The molecule has 0 radical (unpaired) electrons. The van der Waals surface area contributed by atoms with E-state index in [2.05, 4.69) is 36.3 Å². The molecule has 180 valence electrons. The Balaban J connectivity index is 1.64. The van der Waals surface area contributed by atoms with Crippen LogP contribution in [-0.2, 0) is 4.79 Å². The fourth-order valence-corrected chi connectivity index (χ4v) is 4.88. The van der Waals surface area contributed by atoms with E-state index < -0.39 is 5.97 Å². The van der Waals surface area contributed by atoms with Crippen LogP contribution in [0.25, 0.3) is 11.1 Å². The number of amides is 1. The van der Waals surface area contributed by atoms with Gasteiger partial charge in [-0.2, -0.15) is 0 Å². The molecule has 6 nitrogen and oxygen atoms in total. The lowest BCUT2D eigenvalue weighted by Gasteiger charge is -2.31. The van der Waals surface area contributed by atoms with Gasteiger partial charge in [0, 0.05) is 38.3 Å². The zero-order chi connectivity index (χ0) is 24.9. The number of aryl methyl sites for hydroxylation is 1. The van der Waals surface area contributed by atoms with Crippen molar-refractivity contribution in [1.29, 1.82) is 0 Å². The van der Waals surface area contributed by atoms with Gasteiger partial charge < -0.3 is 15.2 Å². The smallest absolute Gasteiger partial charge is 0.335 e. The summed E-state index contributed by atoms with van der Waals surface area (Å²) in [5, 5.41) is 22.8. The minimum Gasteiger partial charge on any atom is -0.478 e. The number of carbonyl (C=O) groups is 2. The number of nitrogens with zero attached hydrogens (tertiary/aromatic N) is 2. The van der Waals surface area contributed by atoms with Gasteiger partial charge in [0.15, 0.2) is 0 Å². The van der Waals surface area contributed by atoms with Gasteiger partial charge in [-0.3, -0.25) is 4.79 Å². The average Bonchev–Trinajstić information content (AvgIpc) is 2.87. The number of hydrogen-bond donors (Lipinski definition) is 2. The SMILES string of the molecule is Cc1ccccc1[C@H](C/C(=N\O)C1CCC(=O)N(C)C1)c1ccc(-c2ccc(C(=O)O)cc2)cc1. The first-order chi connectivity index (χ1) is 16.9. The highest BCUT2D eigenvalue weighted by Crippen LogP contribution is 2.34. The van der Waals surface area contributed by atoms with E-state index in [1.165, 1.54) is 11.1 Å². The van der Waals surface area contributed by atoms with E-state index in [1.807, 2.05) is 36.4 Å². The van der Waals surface area contributed by atoms with E-state index in [0.29, 0.717) is 31.5 Å². The Morgan fingerprint density at radius 2 is 1.66 bits per heavy atom. The van der Waals surface area contributed by atoms with Crippen LogP contribution in [0.3, 0.4) is 0 Å². The number of aromatic carboxylic acids is 1. The lowest BCUT2D eigenvalue weighted by Crippen LogP contribution is -2.40. The van der Waals surface area contributed by atoms with E-state index >= 15 is 0 Å². The molecule has 0 aromatic heterocycles. The number of likely N-dealkylation sites (tertiary alicyclic amines) is 1. The second-order valence-corrected chi connectivity index (χ2v) is 9.22. The third-order valence-electron chi connectivity index (χ3n) is 6.98. The minimum atomic E-state index is -0.942. The molecule has 1 saturated heterocycles. The molecular formula is C29H30N2O4. The average molecular weight is 471 g/mol. The third kappa shape index (κ3) is 5.43. The van der Waals surface area contributed by atoms with Crippen molar-refractivity contribution < 1.29 is 19.9 Å². The summed E-state index contributed by atoms with van der Waals surface area (Å²) in [6, 6.07) is 23.3. The zero-order valence-electron chi connectivity index (χ0n) is 20.0. The van der Waals surface area contributed by atoms with Crippen molar-refractivity contribution in [1.82, 2.24) is 4.90 Å². The largest absolute Gasteiger partial charge is 0.478 e. The molecule has 0 saturated carbocycles. The molecule has 1 aliphatic heterocycles. The number of carbonyl (C=O) groups excluding carboxylic acids is 1. The molecule has 1 heterocycles. The third-order valence-corrected chi connectivity index (χ3v) is 6.98. The summed E-state index contributed by atoms with van der Waals surface area (Å²) < 4.78 is 0. The summed E-state index contributed by atoms with van der Waals surface area (Å²) in [6.07, 6.45) is 1.71. The topological polar surface area (TPSA) is 90.2 Å². The highest BCUT2D eigenvalue weighted by Gasteiger charge is 2.30. The monoisotopic (exact) mass is 470 g/mol. The molecule has 3 aromatic rings. The molecular weight excluding hydrogens is 440 g/mol. The Hall–Kier alpha value is -3.93. The lowest BCUT2D eigenvalue weighted by atomic mass is 9.80. The first-order valence-corrected chi connectivity index (χ1v) is 11.8. The molecule has 0 aliphatic carbocycles. The maximum Gasteiger partial charge on any atom is 0.335 e. The maximum absolute atomic E-state index is 12.0. The second kappa shape index (κ2) is 10.6. The Bertz CT molecular complexity index is 1230. The van der Waals surface area contributed by atoms with Crippen LogP contribution in [0.5, 0.6) is 0 Å². The molecule has 1 fully saturated rings. The number of carboxylic acids is 1. The van der Waals surface area contributed by atoms with Gasteiger partial charge in [-0.25, -0.2) is 4.79 Å². The summed E-state index contributed by atoms with van der Waals surface area (Å²) in [5.41, 5.74) is 6.36. The first kappa shape index (κ1) is 24.2. The predicted molar refractivity (Wildman–Crippen MR) is 136 cm³/mol. The fourth-order valence-electron chi connectivity index (χ4n) is 4.88. The highest BCUT2D eigenvalue weighted by atomic mass is 16.4. The molecule has 2 atom stereocenters. The summed E-state index contributed by atoms with van der Waals surface area (Å²) in [5.74, 6) is -0.793. The van der Waals surface area contributed by atoms with Crippen molar-refractivity contribution in [2.75, 3.05) is 13.6 Å². The minimum absolute atomic E-state index is 0.00605. The number of hydrogen-bond acceptors (Lipinski definition) is 4. The molecule has 4 rings (SSSR count). The molecule has 0 bridgehead atoms. The van der Waals surface area contributed by atoms with Crippen molar-refractivity contribution in [3.8, 4) is 11.1 Å². The summed E-state index contributed by atoms with van der Waals surface area (Å²) in [6.45, 7) is 2.65. The van der Waals surface area contributed by atoms with E-state index in [4.69, 9.17) is 5.11 Å². The van der Waals surface area contributed by atoms with Crippen LogP contribution in [0.2, 0.25) is 0 Å². The number of piperidine rings is 1. The predicted octanol–water partition coefficient (Wildman–Crippen LogP) is 5.58. The van der Waals surface area contributed by atoms with Crippen molar-refractivity contribution in [2.45, 2.75) is 32.1 Å². The van der Waals surface area contributed by atoms with Crippen LogP contribution in [0.1, 0.15) is 52.2 Å². The summed E-state index contributed by atoms with van der Waals surface area (Å²) in [4.78, 5) is 24.8. The standard InChI is InChI=1S/C29H30N2O4/c1-19-5-3-4-6-25(19)26(17-27(30-35)24-15-16-28(32)31(2)18-24)22-11-7-20(8-12-22)21-9-13-23(14-10-21)29(33)34/h3-14,24,26,35H,15-18H2,1-2H3,(H,33,34)/b30-27+/t24?,26-/m1/s1. The van der Waals surface area contributed by atoms with E-state index in [1.54, 1.807) is 24.1 Å². The Kier molecular flexibility index (Phi) is 7.30. The van der Waals surface area contributed by atoms with E-state index in [9.17, 15) is 14.8 Å². The number of benzene rings is 3. The van der Waals surface area contributed by atoms with Crippen LogP contribution in [0.4, 0.5) is 0 Å². The van der Waals surface area contributed by atoms with Gasteiger partial charge in [0.05, 0.1) is 11.3 Å². The Morgan fingerprint density at radius 1 is 1.03 bits per heavy atom.